The summed E-state index contributed by atoms with van der Waals surface area (Å²) in [5.41, 5.74) is -1.75. The van der Waals surface area contributed by atoms with E-state index in [-0.39, 0.29) is 77.1 Å². The number of esters is 2. The molecule has 45 heavy (non-hydrogen) atoms. The highest BCUT2D eigenvalue weighted by atomic mass is 32.2. The van der Waals surface area contributed by atoms with Gasteiger partial charge in [-0.1, -0.05) is 0 Å². The van der Waals surface area contributed by atoms with Gasteiger partial charge in [0, 0.05) is 25.9 Å². The van der Waals surface area contributed by atoms with E-state index in [4.69, 9.17) is 23.7 Å². The lowest BCUT2D eigenvalue weighted by Crippen LogP contribution is -2.49. The second kappa shape index (κ2) is 19.0. The second-order valence-corrected chi connectivity index (χ2v) is 16.4. The third kappa shape index (κ3) is 20.0. The van der Waals surface area contributed by atoms with Crippen molar-refractivity contribution in [1.29, 1.82) is 0 Å². The van der Waals surface area contributed by atoms with Gasteiger partial charge in [0.05, 0.1) is 52.2 Å². The van der Waals surface area contributed by atoms with Gasteiger partial charge in [-0.05, 0) is 55.4 Å². The summed E-state index contributed by atoms with van der Waals surface area (Å²) in [6.45, 7) is 12.2. The van der Waals surface area contributed by atoms with Crippen molar-refractivity contribution in [2.75, 3.05) is 65.2 Å². The minimum absolute atomic E-state index is 0.0788. The van der Waals surface area contributed by atoms with Crippen molar-refractivity contribution < 1.29 is 59.7 Å². The Balaban J connectivity index is 4.80. The molecule has 0 amide bonds. The summed E-state index contributed by atoms with van der Waals surface area (Å²) in [4.78, 5) is 48.9. The largest absolute Gasteiger partial charge is 0.459 e. The van der Waals surface area contributed by atoms with Crippen LogP contribution in [0.25, 0.3) is 0 Å². The molecule has 0 radical (unpaired) electrons. The molecule has 264 valence electrons. The molecule has 0 spiro atoms. The Kier molecular flexibility index (Phi) is 18.1. The number of carbonyl (C=O) groups excluding carboxylic acids is 4. The zero-order valence-corrected chi connectivity index (χ0v) is 29.9. The lowest BCUT2D eigenvalue weighted by Gasteiger charge is -2.30. The average Bonchev–Trinajstić information content (AvgIpc) is 2.80. The molecular weight excluding hydrogens is 636 g/mol. The molecule has 0 fully saturated rings. The van der Waals surface area contributed by atoms with Gasteiger partial charge in [0.1, 0.15) is 34.9 Å². The SMILES string of the molecule is CC(=O)C[C@@H](C(=O)OC(C)(C)C)N(CCOCCOCCOCCN([C@@H](CC(C)=O)C(=O)OC(C)(C)C)S(C)(=O)=O)S(C)(=O)=O. The van der Waals surface area contributed by atoms with E-state index in [2.05, 4.69) is 0 Å². The zero-order chi connectivity index (χ0) is 35.2. The van der Waals surface area contributed by atoms with Crippen LogP contribution >= 0.6 is 0 Å². The highest BCUT2D eigenvalue weighted by Gasteiger charge is 2.37. The number of Topliss-reactive ketones (excluding diaryl/α,β-unsaturated/α-hetero) is 2. The molecule has 0 saturated heterocycles. The first-order chi connectivity index (χ1) is 20.3. The van der Waals surface area contributed by atoms with Crippen LogP contribution in [-0.4, -0.2) is 137 Å². The molecule has 0 bridgehead atoms. The molecule has 0 unspecified atom stereocenters. The number of rotatable bonds is 22. The molecule has 0 aliphatic heterocycles. The van der Waals surface area contributed by atoms with E-state index >= 15 is 0 Å². The normalized spacial score (nSPS) is 14.3. The quantitative estimate of drug-likeness (QED) is 0.116. The van der Waals surface area contributed by atoms with Crippen LogP contribution in [0.1, 0.15) is 68.2 Å². The van der Waals surface area contributed by atoms with Crippen LogP contribution in [0.3, 0.4) is 0 Å². The fourth-order valence-corrected chi connectivity index (χ4v) is 5.90. The minimum atomic E-state index is -3.89. The van der Waals surface area contributed by atoms with E-state index < -0.39 is 55.3 Å². The molecule has 0 heterocycles. The molecule has 0 aromatic rings. The molecule has 17 heteroatoms. The van der Waals surface area contributed by atoms with Gasteiger partial charge in [0.25, 0.3) is 0 Å². The smallest absolute Gasteiger partial charge is 0.325 e. The summed E-state index contributed by atoms with van der Waals surface area (Å²) < 4.78 is 78.4. The van der Waals surface area contributed by atoms with E-state index in [1.54, 1.807) is 41.5 Å². The minimum Gasteiger partial charge on any atom is -0.459 e. The molecule has 15 nitrogen and oxygen atoms in total. The van der Waals surface area contributed by atoms with Crippen molar-refractivity contribution in [3.05, 3.63) is 0 Å². The van der Waals surface area contributed by atoms with Crippen LogP contribution in [0.5, 0.6) is 0 Å². The third-order valence-electron chi connectivity index (χ3n) is 5.52. The molecule has 0 aromatic carbocycles. The average molecular weight is 689 g/mol. The first kappa shape index (κ1) is 43.0. The summed E-state index contributed by atoms with van der Waals surface area (Å²) in [6, 6.07) is -2.65. The van der Waals surface area contributed by atoms with Gasteiger partial charge in [-0.3, -0.25) is 19.2 Å². The number of carbonyl (C=O) groups is 4. The molecule has 0 saturated carbocycles. The summed E-state index contributed by atoms with van der Waals surface area (Å²) in [7, 11) is -7.78. The Hall–Kier alpha value is -2.02. The van der Waals surface area contributed by atoms with Crippen molar-refractivity contribution in [1.82, 2.24) is 8.61 Å². The highest BCUT2D eigenvalue weighted by molar-refractivity contribution is 7.88. The van der Waals surface area contributed by atoms with E-state index in [1.165, 1.54) is 13.8 Å². The van der Waals surface area contributed by atoms with Crippen LogP contribution in [0.4, 0.5) is 0 Å². The van der Waals surface area contributed by atoms with Crippen LogP contribution in [0.2, 0.25) is 0 Å². The predicted octanol–water partition coefficient (Wildman–Crippen LogP) is 0.938. The lowest BCUT2D eigenvalue weighted by molar-refractivity contribution is -0.161. The summed E-state index contributed by atoms with van der Waals surface area (Å²) >= 11 is 0. The molecule has 0 aliphatic carbocycles. The molecule has 0 rings (SSSR count). The van der Waals surface area contributed by atoms with E-state index in [0.29, 0.717) is 0 Å². The maximum Gasteiger partial charge on any atom is 0.325 e. The van der Waals surface area contributed by atoms with E-state index in [9.17, 15) is 36.0 Å². The van der Waals surface area contributed by atoms with Crippen molar-refractivity contribution in [3.8, 4) is 0 Å². The van der Waals surface area contributed by atoms with Gasteiger partial charge in [-0.15, -0.1) is 0 Å². The topological polar surface area (TPSA) is 189 Å². The van der Waals surface area contributed by atoms with Crippen molar-refractivity contribution in [2.45, 2.75) is 91.5 Å². The van der Waals surface area contributed by atoms with Gasteiger partial charge < -0.3 is 23.7 Å². The lowest BCUT2D eigenvalue weighted by atomic mass is 10.1. The van der Waals surface area contributed by atoms with Gasteiger partial charge in [0.15, 0.2) is 0 Å². The summed E-state index contributed by atoms with van der Waals surface area (Å²) in [5.74, 6) is -2.41. The molecule has 2 atom stereocenters. The van der Waals surface area contributed by atoms with Gasteiger partial charge in [0.2, 0.25) is 20.0 Å². The summed E-state index contributed by atoms with van der Waals surface area (Å²) in [6.07, 6.45) is 1.18. The maximum absolute atomic E-state index is 12.7. The Morgan fingerprint density at radius 1 is 0.556 bits per heavy atom. The van der Waals surface area contributed by atoms with E-state index in [1.807, 2.05) is 0 Å². The van der Waals surface area contributed by atoms with Crippen molar-refractivity contribution >= 4 is 43.6 Å². The Morgan fingerprint density at radius 3 is 1.04 bits per heavy atom. The van der Waals surface area contributed by atoms with Crippen LogP contribution in [0, 0.1) is 0 Å². The number of sulfonamides is 2. The Morgan fingerprint density at radius 2 is 0.822 bits per heavy atom. The highest BCUT2D eigenvalue weighted by Crippen LogP contribution is 2.18. The van der Waals surface area contributed by atoms with E-state index in [0.717, 1.165) is 21.1 Å². The molecule has 0 aromatic heterocycles. The van der Waals surface area contributed by atoms with Crippen LogP contribution in [0.15, 0.2) is 0 Å². The standard InChI is InChI=1S/C28H52N2O13S2/c1-21(31)19-23(25(33)42-27(3,4)5)29(44(9,35)36)11-13-39-15-17-41-18-16-40-14-12-30(45(10,37)38)24(20-22(2)32)26(34)43-28(6,7)8/h23-24H,11-20H2,1-10H3/t23-,24-/m0/s1. The van der Waals surface area contributed by atoms with Crippen LogP contribution < -0.4 is 0 Å². The predicted molar refractivity (Wildman–Crippen MR) is 165 cm³/mol. The number of ketones is 2. The number of hydrogen-bond acceptors (Lipinski definition) is 13. The van der Waals surface area contributed by atoms with Gasteiger partial charge >= 0.3 is 11.9 Å². The monoisotopic (exact) mass is 688 g/mol. The van der Waals surface area contributed by atoms with Crippen molar-refractivity contribution in [3.63, 3.8) is 0 Å². The number of ether oxygens (including phenoxy) is 5. The van der Waals surface area contributed by atoms with Gasteiger partial charge in [-0.2, -0.15) is 8.61 Å². The molecule has 0 aliphatic rings. The molecule has 0 N–H and O–H groups in total. The zero-order valence-electron chi connectivity index (χ0n) is 28.2. The Bertz CT molecular complexity index is 1100. The van der Waals surface area contributed by atoms with Crippen LogP contribution in [-0.2, 0) is 62.9 Å². The molecular formula is C28H52N2O13S2. The van der Waals surface area contributed by atoms with Gasteiger partial charge in [-0.25, -0.2) is 16.8 Å². The number of hydrogen-bond donors (Lipinski definition) is 0. The fraction of sp³-hybridized carbons (Fsp3) is 0.857. The van der Waals surface area contributed by atoms with Crippen molar-refractivity contribution in [2.24, 2.45) is 0 Å². The fourth-order valence-electron chi connectivity index (χ4n) is 3.85. The summed E-state index contributed by atoms with van der Waals surface area (Å²) in [5, 5.41) is 0. The maximum atomic E-state index is 12.7. The second-order valence-electron chi connectivity index (χ2n) is 12.5. The third-order valence-corrected chi connectivity index (χ3v) is 8.10. The first-order valence-electron chi connectivity index (χ1n) is 14.5. The number of nitrogens with zero attached hydrogens (tertiary/aromatic N) is 2. The Labute approximate surface area is 268 Å². The first-order valence-corrected chi connectivity index (χ1v) is 18.2.